The lowest BCUT2D eigenvalue weighted by Gasteiger charge is -2.43. The molecule has 5 heteroatoms. The number of alkyl halides is 1. The fourth-order valence-corrected chi connectivity index (χ4v) is 6.30. The van der Waals surface area contributed by atoms with E-state index in [9.17, 15) is 8.42 Å². The van der Waals surface area contributed by atoms with Gasteiger partial charge in [-0.1, -0.05) is 48.0 Å². The van der Waals surface area contributed by atoms with Gasteiger partial charge in [0, 0.05) is 12.4 Å². The normalized spacial score (nSPS) is 23.0. The van der Waals surface area contributed by atoms with Gasteiger partial charge in [0.05, 0.1) is 10.4 Å². The minimum atomic E-state index is -3.64. The molecule has 1 aliphatic carbocycles. The van der Waals surface area contributed by atoms with Crippen molar-refractivity contribution in [3.8, 4) is 0 Å². The summed E-state index contributed by atoms with van der Waals surface area (Å²) in [6.45, 7) is 2.32. The van der Waals surface area contributed by atoms with Crippen molar-refractivity contribution in [2.75, 3.05) is 12.4 Å². The highest BCUT2D eigenvalue weighted by Gasteiger charge is 2.52. The predicted molar refractivity (Wildman–Crippen MR) is 100 cm³/mol. The van der Waals surface area contributed by atoms with Crippen LogP contribution in [-0.2, 0) is 22.0 Å². The van der Waals surface area contributed by atoms with Gasteiger partial charge in [0.2, 0.25) is 10.0 Å². The van der Waals surface area contributed by atoms with Crippen molar-refractivity contribution in [3.63, 3.8) is 0 Å². The van der Waals surface area contributed by atoms with Crippen LogP contribution in [-0.4, -0.2) is 25.1 Å². The maximum absolute atomic E-state index is 13.4. The lowest BCUT2D eigenvalue weighted by molar-refractivity contribution is 0.284. The number of hydrogen-bond acceptors (Lipinski definition) is 2. The summed E-state index contributed by atoms with van der Waals surface area (Å²) < 4.78 is 28.4. The van der Waals surface area contributed by atoms with Gasteiger partial charge in [-0.3, -0.25) is 0 Å². The predicted octanol–water partition coefficient (Wildman–Crippen LogP) is 4.01. The van der Waals surface area contributed by atoms with E-state index in [1.165, 1.54) is 5.56 Å². The molecule has 0 bridgehead atoms. The van der Waals surface area contributed by atoms with Gasteiger partial charge in [-0.05, 0) is 48.6 Å². The molecule has 0 aromatic heterocycles. The fourth-order valence-electron chi connectivity index (χ4n) is 4.07. The molecular weight excluding hydrogens is 354 g/mol. The van der Waals surface area contributed by atoms with E-state index in [2.05, 4.69) is 6.07 Å². The number of fused-ring (bicyclic) bond motifs is 3. The largest absolute Gasteiger partial charge is 0.244 e. The third kappa shape index (κ3) is 2.39. The molecule has 0 saturated carbocycles. The van der Waals surface area contributed by atoms with Crippen LogP contribution in [0.25, 0.3) is 0 Å². The zero-order valence-electron chi connectivity index (χ0n) is 14.1. The molecule has 0 radical (unpaired) electrons. The summed E-state index contributed by atoms with van der Waals surface area (Å²) in [6.07, 6.45) is 3.83. The van der Waals surface area contributed by atoms with Gasteiger partial charge in [0.25, 0.3) is 0 Å². The molecule has 1 unspecified atom stereocenters. The van der Waals surface area contributed by atoms with Gasteiger partial charge in [0.15, 0.2) is 0 Å². The minimum absolute atomic E-state index is 0.223. The zero-order chi connectivity index (χ0) is 17.7. The third-order valence-electron chi connectivity index (χ3n) is 5.39. The lowest BCUT2D eigenvalue weighted by Crippen LogP contribution is -2.50. The molecule has 2 aromatic carbocycles. The Morgan fingerprint density at radius 3 is 2.52 bits per heavy atom. The highest BCUT2D eigenvalue weighted by molar-refractivity contribution is 7.89. The van der Waals surface area contributed by atoms with E-state index in [1.54, 1.807) is 16.4 Å². The van der Waals surface area contributed by atoms with E-state index >= 15 is 0 Å². The Morgan fingerprint density at radius 2 is 1.80 bits per heavy atom. The summed E-state index contributed by atoms with van der Waals surface area (Å²) >= 11 is 6.47. The maximum Gasteiger partial charge on any atom is 0.244 e. The van der Waals surface area contributed by atoms with Crippen LogP contribution < -0.4 is 0 Å². The van der Waals surface area contributed by atoms with Gasteiger partial charge in [-0.25, -0.2) is 8.42 Å². The molecule has 0 fully saturated rings. The minimum Gasteiger partial charge on any atom is -0.207 e. The Hall–Kier alpha value is -1.62. The van der Waals surface area contributed by atoms with Crippen molar-refractivity contribution in [2.24, 2.45) is 0 Å². The summed E-state index contributed by atoms with van der Waals surface area (Å²) in [5.74, 6) is 0.223. The van der Waals surface area contributed by atoms with E-state index in [0.29, 0.717) is 11.4 Å². The van der Waals surface area contributed by atoms with Crippen molar-refractivity contribution in [1.29, 1.82) is 0 Å². The quantitative estimate of drug-likeness (QED) is 0.602. The van der Waals surface area contributed by atoms with Crippen LogP contribution in [0.3, 0.4) is 0 Å². The van der Waals surface area contributed by atoms with E-state index in [1.807, 2.05) is 43.3 Å². The number of rotatable bonds is 3. The molecule has 1 atom stereocenters. The molecule has 4 rings (SSSR count). The Balaban J connectivity index is 1.89. The number of halogens is 1. The van der Waals surface area contributed by atoms with Crippen molar-refractivity contribution >= 4 is 21.6 Å². The van der Waals surface area contributed by atoms with E-state index < -0.39 is 15.6 Å². The zero-order valence-corrected chi connectivity index (χ0v) is 15.6. The van der Waals surface area contributed by atoms with Crippen LogP contribution in [0.2, 0.25) is 0 Å². The smallest absolute Gasteiger partial charge is 0.207 e. The van der Waals surface area contributed by atoms with Gasteiger partial charge in [0.1, 0.15) is 0 Å². The van der Waals surface area contributed by atoms with Crippen LogP contribution in [0.5, 0.6) is 0 Å². The molecule has 0 saturated heterocycles. The topological polar surface area (TPSA) is 37.4 Å². The monoisotopic (exact) mass is 373 g/mol. The molecule has 2 aromatic rings. The Bertz CT molecular complexity index is 950. The molecule has 1 aliphatic heterocycles. The standard InChI is InChI=1S/C20H20ClNO2S/c1-15-6-10-18(11-7-15)25(23,24)22-13-12-17-9-8-16-4-2-3-5-19(16)20(17,22)14-21/h2-7,10-12H,8-9,13-14H2,1H3. The number of sulfonamides is 1. The number of aryl methyl sites for hydroxylation is 2. The fraction of sp³-hybridized carbons (Fsp3) is 0.300. The SMILES string of the molecule is Cc1ccc(S(=O)(=O)N2CC=C3CCc4ccccc4C32CCl)cc1. The van der Waals surface area contributed by atoms with Crippen molar-refractivity contribution in [2.45, 2.75) is 30.2 Å². The second-order valence-electron chi connectivity index (χ2n) is 6.73. The lowest BCUT2D eigenvalue weighted by atomic mass is 9.75. The first-order chi connectivity index (χ1) is 12.0. The van der Waals surface area contributed by atoms with E-state index in [4.69, 9.17) is 11.6 Å². The molecule has 25 heavy (non-hydrogen) atoms. The maximum atomic E-state index is 13.4. The van der Waals surface area contributed by atoms with Crippen LogP contribution in [0.1, 0.15) is 23.1 Å². The summed E-state index contributed by atoms with van der Waals surface area (Å²) in [5.41, 5.74) is 3.60. The summed E-state index contributed by atoms with van der Waals surface area (Å²) in [6, 6.07) is 15.1. The van der Waals surface area contributed by atoms with E-state index in [0.717, 1.165) is 29.5 Å². The highest BCUT2D eigenvalue weighted by atomic mass is 35.5. The van der Waals surface area contributed by atoms with Gasteiger partial charge < -0.3 is 0 Å². The highest BCUT2D eigenvalue weighted by Crippen LogP contribution is 2.49. The second kappa shape index (κ2) is 5.97. The molecular formula is C20H20ClNO2S. The van der Waals surface area contributed by atoms with Crippen LogP contribution >= 0.6 is 11.6 Å². The molecule has 1 heterocycles. The first-order valence-electron chi connectivity index (χ1n) is 8.43. The Morgan fingerprint density at radius 1 is 1.08 bits per heavy atom. The number of benzene rings is 2. The van der Waals surface area contributed by atoms with Crippen molar-refractivity contribution in [3.05, 3.63) is 76.9 Å². The number of nitrogens with zero attached hydrogens (tertiary/aromatic N) is 1. The van der Waals surface area contributed by atoms with Crippen LogP contribution in [0.15, 0.2) is 65.1 Å². The van der Waals surface area contributed by atoms with Gasteiger partial charge in [-0.15, -0.1) is 11.6 Å². The van der Waals surface area contributed by atoms with Gasteiger partial charge in [-0.2, -0.15) is 4.31 Å². The number of hydrogen-bond donors (Lipinski definition) is 0. The van der Waals surface area contributed by atoms with Crippen molar-refractivity contribution < 1.29 is 8.42 Å². The molecule has 0 spiro atoms. The first-order valence-corrected chi connectivity index (χ1v) is 10.4. The summed E-state index contributed by atoms with van der Waals surface area (Å²) in [7, 11) is -3.64. The van der Waals surface area contributed by atoms with Crippen LogP contribution in [0, 0.1) is 6.92 Å². The molecule has 130 valence electrons. The Kier molecular flexibility index (Phi) is 4.02. The molecule has 2 aliphatic rings. The first kappa shape index (κ1) is 16.8. The molecule has 0 amide bonds. The molecule has 3 nitrogen and oxygen atoms in total. The third-order valence-corrected chi connectivity index (χ3v) is 7.69. The second-order valence-corrected chi connectivity index (χ2v) is 8.86. The Labute approximate surface area is 154 Å². The average molecular weight is 374 g/mol. The summed E-state index contributed by atoms with van der Waals surface area (Å²) in [5, 5.41) is 0. The molecule has 0 N–H and O–H groups in total. The average Bonchev–Trinajstić information content (AvgIpc) is 3.03. The van der Waals surface area contributed by atoms with E-state index in [-0.39, 0.29) is 5.88 Å². The van der Waals surface area contributed by atoms with Crippen molar-refractivity contribution in [1.82, 2.24) is 4.31 Å². The summed E-state index contributed by atoms with van der Waals surface area (Å²) in [4.78, 5) is 0.320. The van der Waals surface area contributed by atoms with Crippen LogP contribution in [0.4, 0.5) is 0 Å². The van der Waals surface area contributed by atoms with Gasteiger partial charge >= 0.3 is 0 Å².